The second-order valence-electron chi connectivity index (χ2n) is 5.05. The van der Waals surface area contributed by atoms with Gasteiger partial charge in [-0.05, 0) is 25.8 Å². The van der Waals surface area contributed by atoms with Crippen molar-refractivity contribution in [1.29, 1.82) is 0 Å². The highest BCUT2D eigenvalue weighted by molar-refractivity contribution is 4.72. The van der Waals surface area contributed by atoms with Crippen molar-refractivity contribution in [3.63, 3.8) is 0 Å². The van der Waals surface area contributed by atoms with Crippen LogP contribution in [0.3, 0.4) is 0 Å². The second-order valence-corrected chi connectivity index (χ2v) is 5.05. The summed E-state index contributed by atoms with van der Waals surface area (Å²) in [6, 6.07) is 0.637. The van der Waals surface area contributed by atoms with Crippen molar-refractivity contribution in [1.82, 2.24) is 10.2 Å². The molecule has 0 bridgehead atoms. The molecule has 0 saturated carbocycles. The Morgan fingerprint density at radius 3 is 2.50 bits per heavy atom. The molecule has 1 aliphatic heterocycles. The van der Waals surface area contributed by atoms with Crippen molar-refractivity contribution in [3.05, 3.63) is 0 Å². The number of hydrogen-bond acceptors (Lipinski definition) is 3. The molecule has 1 aliphatic rings. The van der Waals surface area contributed by atoms with Gasteiger partial charge in [0.15, 0.2) is 0 Å². The molecule has 2 unspecified atom stereocenters. The highest BCUT2D eigenvalue weighted by Gasteiger charge is 2.16. The van der Waals surface area contributed by atoms with E-state index in [1.165, 1.54) is 12.8 Å². The van der Waals surface area contributed by atoms with Gasteiger partial charge in [-0.25, -0.2) is 0 Å². The first-order chi connectivity index (χ1) is 7.74. The predicted molar refractivity (Wildman–Crippen MR) is 68.8 cm³/mol. The van der Waals surface area contributed by atoms with Gasteiger partial charge in [0.1, 0.15) is 0 Å². The highest BCUT2D eigenvalue weighted by Crippen LogP contribution is 2.05. The minimum Gasteiger partial charge on any atom is -0.379 e. The number of nitrogens with one attached hydrogen (secondary N) is 1. The monoisotopic (exact) mass is 228 g/mol. The van der Waals surface area contributed by atoms with Gasteiger partial charge < -0.3 is 10.1 Å². The first-order valence-corrected chi connectivity index (χ1v) is 6.76. The van der Waals surface area contributed by atoms with E-state index in [2.05, 4.69) is 31.0 Å². The molecule has 3 heteroatoms. The van der Waals surface area contributed by atoms with Crippen LogP contribution in [-0.4, -0.2) is 50.3 Å². The second kappa shape index (κ2) is 8.04. The summed E-state index contributed by atoms with van der Waals surface area (Å²) in [5, 5.41) is 3.58. The van der Waals surface area contributed by atoms with Gasteiger partial charge in [0.25, 0.3) is 0 Å². The number of nitrogens with zero attached hydrogens (tertiary/aromatic N) is 1. The Kier molecular flexibility index (Phi) is 7.01. The van der Waals surface area contributed by atoms with E-state index in [1.807, 2.05) is 0 Å². The maximum absolute atomic E-state index is 5.36. The Morgan fingerprint density at radius 1 is 1.19 bits per heavy atom. The zero-order chi connectivity index (χ0) is 11.8. The SMILES string of the molecule is CCCC(C)CNCC(C)N1CCOCC1. The van der Waals surface area contributed by atoms with Crippen LogP contribution in [0.15, 0.2) is 0 Å². The normalized spacial score (nSPS) is 21.9. The van der Waals surface area contributed by atoms with E-state index >= 15 is 0 Å². The van der Waals surface area contributed by atoms with Crippen LogP contribution in [0, 0.1) is 5.92 Å². The summed E-state index contributed by atoms with van der Waals surface area (Å²) < 4.78 is 5.36. The molecule has 16 heavy (non-hydrogen) atoms. The van der Waals surface area contributed by atoms with Gasteiger partial charge in [-0.3, -0.25) is 4.90 Å². The van der Waals surface area contributed by atoms with E-state index in [-0.39, 0.29) is 0 Å². The molecule has 2 atom stereocenters. The lowest BCUT2D eigenvalue weighted by atomic mass is 10.1. The standard InChI is InChI=1S/C13H28N2O/c1-4-5-12(2)10-14-11-13(3)15-6-8-16-9-7-15/h12-14H,4-11H2,1-3H3. The minimum absolute atomic E-state index is 0.637. The van der Waals surface area contributed by atoms with Gasteiger partial charge in [-0.1, -0.05) is 20.3 Å². The smallest absolute Gasteiger partial charge is 0.0594 e. The summed E-state index contributed by atoms with van der Waals surface area (Å²) in [6.45, 7) is 13.1. The quantitative estimate of drug-likeness (QED) is 0.718. The van der Waals surface area contributed by atoms with Gasteiger partial charge in [-0.2, -0.15) is 0 Å². The Balaban J connectivity index is 2.07. The molecule has 0 spiro atoms. The fourth-order valence-electron chi connectivity index (χ4n) is 2.28. The Labute approximate surface area is 101 Å². The molecule has 3 nitrogen and oxygen atoms in total. The molecule has 0 aliphatic carbocycles. The van der Waals surface area contributed by atoms with Crippen LogP contribution in [-0.2, 0) is 4.74 Å². The largest absolute Gasteiger partial charge is 0.379 e. The van der Waals surface area contributed by atoms with E-state index in [9.17, 15) is 0 Å². The Morgan fingerprint density at radius 2 is 1.88 bits per heavy atom. The van der Waals surface area contributed by atoms with Gasteiger partial charge in [0.2, 0.25) is 0 Å². The predicted octanol–water partition coefficient (Wildman–Crippen LogP) is 1.73. The van der Waals surface area contributed by atoms with Crippen molar-refractivity contribution in [3.8, 4) is 0 Å². The van der Waals surface area contributed by atoms with Crippen molar-refractivity contribution in [2.24, 2.45) is 5.92 Å². The average molecular weight is 228 g/mol. The third kappa shape index (κ3) is 5.28. The summed E-state index contributed by atoms with van der Waals surface area (Å²) in [5.74, 6) is 0.807. The summed E-state index contributed by atoms with van der Waals surface area (Å²) >= 11 is 0. The number of ether oxygens (including phenoxy) is 1. The van der Waals surface area contributed by atoms with Crippen LogP contribution in [0.1, 0.15) is 33.6 Å². The van der Waals surface area contributed by atoms with Crippen LogP contribution < -0.4 is 5.32 Å². The fourth-order valence-corrected chi connectivity index (χ4v) is 2.28. The Bertz CT molecular complexity index is 169. The third-order valence-corrected chi connectivity index (χ3v) is 3.38. The molecule has 1 saturated heterocycles. The van der Waals surface area contributed by atoms with E-state index in [4.69, 9.17) is 4.74 Å². The minimum atomic E-state index is 0.637. The summed E-state index contributed by atoms with van der Waals surface area (Å²) in [4.78, 5) is 2.51. The summed E-state index contributed by atoms with van der Waals surface area (Å²) in [6.07, 6.45) is 2.63. The third-order valence-electron chi connectivity index (χ3n) is 3.38. The van der Waals surface area contributed by atoms with Gasteiger partial charge >= 0.3 is 0 Å². The molecule has 1 rings (SSSR count). The zero-order valence-corrected chi connectivity index (χ0v) is 11.2. The summed E-state index contributed by atoms with van der Waals surface area (Å²) in [7, 11) is 0. The lowest BCUT2D eigenvalue weighted by molar-refractivity contribution is 0.0203. The maximum Gasteiger partial charge on any atom is 0.0594 e. The van der Waals surface area contributed by atoms with Gasteiger partial charge in [-0.15, -0.1) is 0 Å². The van der Waals surface area contributed by atoms with Crippen LogP contribution in [0.5, 0.6) is 0 Å². The van der Waals surface area contributed by atoms with Crippen molar-refractivity contribution >= 4 is 0 Å². The maximum atomic E-state index is 5.36. The number of rotatable bonds is 7. The first-order valence-electron chi connectivity index (χ1n) is 6.76. The van der Waals surface area contributed by atoms with E-state index in [1.54, 1.807) is 0 Å². The fraction of sp³-hybridized carbons (Fsp3) is 1.00. The molecule has 0 aromatic rings. The van der Waals surface area contributed by atoms with Crippen molar-refractivity contribution < 1.29 is 4.74 Å². The highest BCUT2D eigenvalue weighted by atomic mass is 16.5. The molecule has 0 radical (unpaired) electrons. The topological polar surface area (TPSA) is 24.5 Å². The Hall–Kier alpha value is -0.120. The van der Waals surface area contributed by atoms with Gasteiger partial charge in [0, 0.05) is 25.7 Å². The van der Waals surface area contributed by atoms with Crippen molar-refractivity contribution in [2.45, 2.75) is 39.7 Å². The molecule has 1 N–H and O–H groups in total. The lowest BCUT2D eigenvalue weighted by Crippen LogP contribution is -2.46. The summed E-state index contributed by atoms with van der Waals surface area (Å²) in [5.41, 5.74) is 0. The van der Waals surface area contributed by atoms with Crippen LogP contribution in [0.4, 0.5) is 0 Å². The molecule has 0 aromatic carbocycles. The van der Waals surface area contributed by atoms with Crippen LogP contribution in [0.25, 0.3) is 0 Å². The molecule has 0 aromatic heterocycles. The van der Waals surface area contributed by atoms with E-state index < -0.39 is 0 Å². The zero-order valence-electron chi connectivity index (χ0n) is 11.2. The van der Waals surface area contributed by atoms with Gasteiger partial charge in [0.05, 0.1) is 13.2 Å². The molecular formula is C13H28N2O. The van der Waals surface area contributed by atoms with Crippen LogP contribution in [0.2, 0.25) is 0 Å². The lowest BCUT2D eigenvalue weighted by Gasteiger charge is -2.32. The number of hydrogen-bond donors (Lipinski definition) is 1. The number of morpholine rings is 1. The molecule has 96 valence electrons. The molecule has 1 heterocycles. The molecular weight excluding hydrogens is 200 g/mol. The first kappa shape index (κ1) is 13.9. The van der Waals surface area contributed by atoms with E-state index in [0.29, 0.717) is 6.04 Å². The molecule has 1 fully saturated rings. The van der Waals surface area contributed by atoms with Crippen molar-refractivity contribution in [2.75, 3.05) is 39.4 Å². The van der Waals surface area contributed by atoms with E-state index in [0.717, 1.165) is 45.3 Å². The van der Waals surface area contributed by atoms with Crippen LogP contribution >= 0.6 is 0 Å². The average Bonchev–Trinajstić information content (AvgIpc) is 2.30. The molecule has 0 amide bonds.